The topological polar surface area (TPSA) is 58.6 Å². The fourth-order valence-electron chi connectivity index (χ4n) is 0.232. The summed E-state index contributed by atoms with van der Waals surface area (Å²) in [5.41, 5.74) is 1.31. The van der Waals surface area contributed by atoms with Crippen LogP contribution in [0.3, 0.4) is 0 Å². The first-order valence-corrected chi connectivity index (χ1v) is 2.57. The van der Waals surface area contributed by atoms with Crippen LogP contribution in [0.4, 0.5) is 4.79 Å². The van der Waals surface area contributed by atoms with Crippen molar-refractivity contribution in [3.8, 4) is 0 Å². The van der Waals surface area contributed by atoms with Crippen molar-refractivity contribution in [2.75, 3.05) is 0 Å². The van der Waals surface area contributed by atoms with Crippen LogP contribution < -0.4 is 5.48 Å². The molecule has 0 saturated heterocycles. The van der Waals surface area contributed by atoms with E-state index >= 15 is 0 Å². The maximum absolute atomic E-state index is 10.1. The van der Waals surface area contributed by atoms with Gasteiger partial charge in [-0.05, 0) is 12.5 Å². The SMILES string of the molecule is CC/C=C/OC(=O)NO. The Kier molecular flexibility index (Phi) is 4.53. The van der Waals surface area contributed by atoms with E-state index in [0.29, 0.717) is 0 Å². The van der Waals surface area contributed by atoms with Gasteiger partial charge >= 0.3 is 6.09 Å². The van der Waals surface area contributed by atoms with Gasteiger partial charge in [0.1, 0.15) is 0 Å². The molecule has 9 heavy (non-hydrogen) atoms. The molecule has 0 aromatic heterocycles. The number of hydrogen-bond acceptors (Lipinski definition) is 3. The van der Waals surface area contributed by atoms with E-state index in [9.17, 15) is 4.79 Å². The van der Waals surface area contributed by atoms with Gasteiger partial charge in [0.25, 0.3) is 0 Å². The molecular weight excluding hydrogens is 122 g/mol. The molecule has 0 unspecified atom stereocenters. The summed E-state index contributed by atoms with van der Waals surface area (Å²) in [7, 11) is 0. The van der Waals surface area contributed by atoms with Gasteiger partial charge in [0.15, 0.2) is 0 Å². The highest BCUT2D eigenvalue weighted by Crippen LogP contribution is 1.81. The number of hydroxylamine groups is 1. The summed E-state index contributed by atoms with van der Waals surface area (Å²) < 4.78 is 4.25. The molecule has 0 bridgehead atoms. The van der Waals surface area contributed by atoms with Crippen molar-refractivity contribution in [3.05, 3.63) is 12.3 Å². The highest BCUT2D eigenvalue weighted by molar-refractivity contribution is 5.66. The average Bonchev–Trinajstić information content (AvgIpc) is 1.89. The predicted molar refractivity (Wildman–Crippen MR) is 30.8 cm³/mol. The van der Waals surface area contributed by atoms with E-state index in [1.165, 1.54) is 11.7 Å². The van der Waals surface area contributed by atoms with E-state index < -0.39 is 6.09 Å². The van der Waals surface area contributed by atoms with E-state index in [4.69, 9.17) is 5.21 Å². The summed E-state index contributed by atoms with van der Waals surface area (Å²) in [6.45, 7) is 1.90. The minimum atomic E-state index is -0.875. The number of rotatable bonds is 2. The monoisotopic (exact) mass is 131 g/mol. The fourth-order valence-corrected chi connectivity index (χ4v) is 0.232. The van der Waals surface area contributed by atoms with Crippen LogP contribution in [0.15, 0.2) is 12.3 Å². The minimum absolute atomic E-state index is 0.790. The summed E-state index contributed by atoms with van der Waals surface area (Å²) >= 11 is 0. The lowest BCUT2D eigenvalue weighted by Gasteiger charge is -1.92. The molecule has 0 heterocycles. The standard InChI is InChI=1S/C5H9NO3/c1-2-3-4-9-5(7)6-8/h3-4,8H,2H2,1H3,(H,6,7)/b4-3+. The van der Waals surface area contributed by atoms with Gasteiger partial charge in [-0.3, -0.25) is 5.21 Å². The quantitative estimate of drug-likeness (QED) is 0.334. The molecule has 0 rings (SSSR count). The van der Waals surface area contributed by atoms with Gasteiger partial charge in [0, 0.05) is 0 Å². The van der Waals surface area contributed by atoms with E-state index in [-0.39, 0.29) is 0 Å². The Morgan fingerprint density at radius 3 is 3.00 bits per heavy atom. The molecule has 4 heteroatoms. The van der Waals surface area contributed by atoms with Crippen molar-refractivity contribution in [1.82, 2.24) is 5.48 Å². The minimum Gasteiger partial charge on any atom is -0.417 e. The van der Waals surface area contributed by atoms with Gasteiger partial charge < -0.3 is 4.74 Å². The third-order valence-electron chi connectivity index (χ3n) is 0.598. The van der Waals surface area contributed by atoms with Crippen molar-refractivity contribution in [3.63, 3.8) is 0 Å². The first-order valence-electron chi connectivity index (χ1n) is 2.57. The van der Waals surface area contributed by atoms with E-state index in [0.717, 1.165) is 6.42 Å². The Balaban J connectivity index is 3.26. The molecule has 0 atom stereocenters. The number of nitrogens with one attached hydrogen (secondary N) is 1. The van der Waals surface area contributed by atoms with Crippen molar-refractivity contribution in [1.29, 1.82) is 0 Å². The van der Waals surface area contributed by atoms with Gasteiger partial charge in [-0.1, -0.05) is 6.92 Å². The molecule has 0 aromatic rings. The highest BCUT2D eigenvalue weighted by atomic mass is 16.6. The number of amides is 1. The van der Waals surface area contributed by atoms with Crippen LogP contribution in [0, 0.1) is 0 Å². The highest BCUT2D eigenvalue weighted by Gasteiger charge is 1.90. The van der Waals surface area contributed by atoms with E-state index in [2.05, 4.69) is 4.74 Å². The van der Waals surface area contributed by atoms with Gasteiger partial charge in [-0.15, -0.1) is 0 Å². The van der Waals surface area contributed by atoms with Gasteiger partial charge in [0.2, 0.25) is 0 Å². The van der Waals surface area contributed by atoms with Crippen molar-refractivity contribution >= 4 is 6.09 Å². The third kappa shape index (κ3) is 4.83. The summed E-state index contributed by atoms with van der Waals surface area (Å²) in [4.78, 5) is 10.1. The Morgan fingerprint density at radius 2 is 2.56 bits per heavy atom. The van der Waals surface area contributed by atoms with Crippen LogP contribution in [0.25, 0.3) is 0 Å². The summed E-state index contributed by atoms with van der Waals surface area (Å²) in [6.07, 6.45) is 2.78. The summed E-state index contributed by atoms with van der Waals surface area (Å²) in [6, 6.07) is 0. The molecule has 0 spiro atoms. The first-order chi connectivity index (χ1) is 4.31. The Bertz CT molecular complexity index is 111. The fraction of sp³-hybridized carbons (Fsp3) is 0.400. The molecule has 52 valence electrons. The molecule has 0 radical (unpaired) electrons. The Morgan fingerprint density at radius 1 is 1.89 bits per heavy atom. The first kappa shape index (κ1) is 7.97. The molecule has 0 aromatic carbocycles. The van der Waals surface area contributed by atoms with Gasteiger partial charge in [-0.25, -0.2) is 10.3 Å². The van der Waals surface area contributed by atoms with Crippen molar-refractivity contribution in [2.24, 2.45) is 0 Å². The molecule has 4 nitrogen and oxygen atoms in total. The predicted octanol–water partition coefficient (Wildman–Crippen LogP) is 1.03. The largest absolute Gasteiger partial charge is 0.435 e. The number of carbonyl (C=O) groups excluding carboxylic acids is 1. The average molecular weight is 131 g/mol. The van der Waals surface area contributed by atoms with Crippen LogP contribution in [-0.4, -0.2) is 11.3 Å². The van der Waals surface area contributed by atoms with E-state index in [1.807, 2.05) is 6.92 Å². The van der Waals surface area contributed by atoms with E-state index in [1.54, 1.807) is 6.08 Å². The number of hydrogen-bond donors (Lipinski definition) is 2. The lowest BCUT2D eigenvalue weighted by Crippen LogP contribution is -2.17. The van der Waals surface area contributed by atoms with Crippen LogP contribution in [0.5, 0.6) is 0 Å². The molecule has 0 aliphatic heterocycles. The molecule has 0 aliphatic carbocycles. The molecule has 0 aliphatic rings. The Labute approximate surface area is 53.1 Å². The lowest BCUT2D eigenvalue weighted by molar-refractivity contribution is 0.116. The van der Waals surface area contributed by atoms with Crippen LogP contribution in [0.2, 0.25) is 0 Å². The maximum Gasteiger partial charge on any atom is 0.435 e. The second-order valence-corrected chi connectivity index (χ2v) is 1.30. The number of allylic oxidation sites excluding steroid dienone is 1. The van der Waals surface area contributed by atoms with Crippen LogP contribution in [0.1, 0.15) is 13.3 Å². The molecule has 1 amide bonds. The molecule has 0 fully saturated rings. The summed E-state index contributed by atoms with van der Waals surface area (Å²) in [5.74, 6) is 0. The molecule has 2 N–H and O–H groups in total. The summed E-state index contributed by atoms with van der Waals surface area (Å²) in [5, 5.41) is 7.88. The van der Waals surface area contributed by atoms with Gasteiger partial charge in [-0.2, -0.15) is 0 Å². The zero-order chi connectivity index (χ0) is 7.11. The maximum atomic E-state index is 10.1. The number of ether oxygens (including phenoxy) is 1. The zero-order valence-corrected chi connectivity index (χ0v) is 5.13. The molecular formula is C5H9NO3. The van der Waals surface area contributed by atoms with Crippen molar-refractivity contribution < 1.29 is 14.7 Å². The number of carbonyl (C=O) groups is 1. The van der Waals surface area contributed by atoms with Crippen LogP contribution in [-0.2, 0) is 4.74 Å². The smallest absolute Gasteiger partial charge is 0.417 e. The Hall–Kier alpha value is -1.03. The van der Waals surface area contributed by atoms with Crippen LogP contribution >= 0.6 is 0 Å². The second kappa shape index (κ2) is 5.11. The zero-order valence-electron chi connectivity index (χ0n) is 5.13. The third-order valence-corrected chi connectivity index (χ3v) is 0.598. The van der Waals surface area contributed by atoms with Crippen molar-refractivity contribution in [2.45, 2.75) is 13.3 Å². The molecule has 0 saturated carbocycles. The lowest BCUT2D eigenvalue weighted by atomic mass is 10.5. The normalized spacial score (nSPS) is 9.56. The second-order valence-electron chi connectivity index (χ2n) is 1.30. The van der Waals surface area contributed by atoms with Gasteiger partial charge in [0.05, 0.1) is 6.26 Å².